The van der Waals surface area contributed by atoms with Crippen LogP contribution in [0.4, 0.5) is 11.8 Å². The molecular weight excluding hydrogens is 264 g/mol. The molecule has 0 aromatic carbocycles. The highest BCUT2D eigenvalue weighted by atomic mass is 35.5. The number of anilines is 2. The molecule has 1 fully saturated rings. The van der Waals surface area contributed by atoms with E-state index in [0.717, 1.165) is 32.4 Å². The largest absolute Gasteiger partial charge is 0.373 e. The molecule has 1 atom stereocenters. The lowest BCUT2D eigenvalue weighted by Crippen LogP contribution is -2.32. The van der Waals surface area contributed by atoms with E-state index < -0.39 is 0 Å². The van der Waals surface area contributed by atoms with Gasteiger partial charge in [0.25, 0.3) is 0 Å². The molecular formula is C13H21ClN4O. The number of ether oxygens (including phenoxy) is 1. The average molecular weight is 285 g/mol. The topological polar surface area (TPSA) is 59.1 Å². The zero-order valence-electron chi connectivity index (χ0n) is 11.5. The van der Waals surface area contributed by atoms with E-state index in [1.54, 1.807) is 6.20 Å². The van der Waals surface area contributed by atoms with Crippen molar-refractivity contribution in [1.29, 1.82) is 0 Å². The Kier molecular flexibility index (Phi) is 4.82. The van der Waals surface area contributed by atoms with Gasteiger partial charge in [0.05, 0.1) is 11.8 Å². The van der Waals surface area contributed by atoms with Gasteiger partial charge in [-0.05, 0) is 26.2 Å². The van der Waals surface area contributed by atoms with Crippen LogP contribution in [0.15, 0.2) is 6.20 Å². The van der Waals surface area contributed by atoms with Crippen molar-refractivity contribution in [3.05, 3.63) is 11.2 Å². The Morgan fingerprint density at radius 1 is 1.47 bits per heavy atom. The van der Waals surface area contributed by atoms with Crippen LogP contribution in [0.5, 0.6) is 0 Å². The first kappa shape index (κ1) is 14.3. The van der Waals surface area contributed by atoms with Crippen LogP contribution in [0.25, 0.3) is 0 Å². The maximum atomic E-state index is 6.11. The van der Waals surface area contributed by atoms with Gasteiger partial charge in [0, 0.05) is 19.7 Å². The summed E-state index contributed by atoms with van der Waals surface area (Å²) in [6.45, 7) is 6.59. The van der Waals surface area contributed by atoms with E-state index in [0.29, 0.717) is 23.3 Å². The predicted molar refractivity (Wildman–Crippen MR) is 77.9 cm³/mol. The molecule has 0 amide bonds. The van der Waals surface area contributed by atoms with Crippen molar-refractivity contribution >= 4 is 23.4 Å². The Hall–Kier alpha value is -1.07. The molecule has 2 rings (SSSR count). The summed E-state index contributed by atoms with van der Waals surface area (Å²) in [6, 6.07) is 0. The van der Waals surface area contributed by atoms with Gasteiger partial charge < -0.3 is 15.4 Å². The molecule has 1 aliphatic heterocycles. The van der Waals surface area contributed by atoms with E-state index in [1.807, 2.05) is 0 Å². The second-order valence-electron chi connectivity index (χ2n) is 5.07. The SMILES string of the molecule is CCCNc1ncc(Cl)c(NCC2(C)CCCO2)n1. The van der Waals surface area contributed by atoms with E-state index in [-0.39, 0.29) is 5.60 Å². The molecule has 6 heteroatoms. The highest BCUT2D eigenvalue weighted by Gasteiger charge is 2.29. The Morgan fingerprint density at radius 3 is 3.00 bits per heavy atom. The van der Waals surface area contributed by atoms with Gasteiger partial charge in [0.15, 0.2) is 5.82 Å². The summed E-state index contributed by atoms with van der Waals surface area (Å²) >= 11 is 6.11. The normalized spacial score (nSPS) is 22.5. The number of hydrogen-bond donors (Lipinski definition) is 2. The van der Waals surface area contributed by atoms with Crippen LogP contribution in [-0.2, 0) is 4.74 Å². The second kappa shape index (κ2) is 6.39. The number of rotatable bonds is 6. The molecule has 0 bridgehead atoms. The van der Waals surface area contributed by atoms with Gasteiger partial charge in [-0.2, -0.15) is 4.98 Å². The first-order chi connectivity index (χ1) is 9.13. The van der Waals surface area contributed by atoms with Crippen LogP contribution < -0.4 is 10.6 Å². The molecule has 2 N–H and O–H groups in total. The van der Waals surface area contributed by atoms with E-state index in [2.05, 4.69) is 34.4 Å². The predicted octanol–water partition coefficient (Wildman–Crippen LogP) is 2.93. The van der Waals surface area contributed by atoms with Crippen LogP contribution in [0, 0.1) is 0 Å². The molecule has 0 saturated carbocycles. The van der Waals surface area contributed by atoms with Crippen LogP contribution in [0.3, 0.4) is 0 Å². The zero-order valence-corrected chi connectivity index (χ0v) is 12.3. The Morgan fingerprint density at radius 2 is 2.32 bits per heavy atom. The van der Waals surface area contributed by atoms with Gasteiger partial charge in [-0.3, -0.25) is 0 Å². The van der Waals surface area contributed by atoms with Gasteiger partial charge >= 0.3 is 0 Å². The molecule has 2 heterocycles. The molecule has 0 radical (unpaired) electrons. The number of aromatic nitrogens is 2. The third-order valence-corrected chi connectivity index (χ3v) is 3.48. The van der Waals surface area contributed by atoms with Crippen molar-refractivity contribution < 1.29 is 4.74 Å². The summed E-state index contributed by atoms with van der Waals surface area (Å²) in [6.07, 6.45) is 4.82. The Balaban J connectivity index is 1.98. The first-order valence-corrected chi connectivity index (χ1v) is 7.15. The summed E-state index contributed by atoms with van der Waals surface area (Å²) in [4.78, 5) is 8.53. The summed E-state index contributed by atoms with van der Waals surface area (Å²) in [7, 11) is 0. The smallest absolute Gasteiger partial charge is 0.224 e. The van der Waals surface area contributed by atoms with E-state index >= 15 is 0 Å². The summed E-state index contributed by atoms with van der Waals surface area (Å²) in [5.74, 6) is 1.26. The van der Waals surface area contributed by atoms with Crippen molar-refractivity contribution in [2.75, 3.05) is 30.3 Å². The van der Waals surface area contributed by atoms with Gasteiger partial charge in [0.2, 0.25) is 5.95 Å². The van der Waals surface area contributed by atoms with Crippen LogP contribution in [0.1, 0.15) is 33.1 Å². The van der Waals surface area contributed by atoms with Crippen LogP contribution in [0.2, 0.25) is 5.02 Å². The third-order valence-electron chi connectivity index (χ3n) is 3.21. The minimum atomic E-state index is -0.120. The fourth-order valence-corrected chi connectivity index (χ4v) is 2.22. The molecule has 1 aromatic rings. The van der Waals surface area contributed by atoms with Gasteiger partial charge in [-0.25, -0.2) is 4.98 Å². The molecule has 1 unspecified atom stereocenters. The fourth-order valence-electron chi connectivity index (χ4n) is 2.06. The summed E-state index contributed by atoms with van der Waals surface area (Å²) in [5.41, 5.74) is -0.120. The van der Waals surface area contributed by atoms with Crippen molar-refractivity contribution in [2.24, 2.45) is 0 Å². The number of nitrogens with one attached hydrogen (secondary N) is 2. The summed E-state index contributed by atoms with van der Waals surface area (Å²) < 4.78 is 5.73. The first-order valence-electron chi connectivity index (χ1n) is 6.77. The molecule has 0 aliphatic carbocycles. The van der Waals surface area contributed by atoms with Crippen molar-refractivity contribution in [1.82, 2.24) is 9.97 Å². The Labute approximate surface area is 119 Å². The number of nitrogens with zero attached hydrogens (tertiary/aromatic N) is 2. The van der Waals surface area contributed by atoms with E-state index in [1.165, 1.54) is 0 Å². The minimum absolute atomic E-state index is 0.120. The molecule has 1 saturated heterocycles. The number of hydrogen-bond acceptors (Lipinski definition) is 5. The molecule has 5 nitrogen and oxygen atoms in total. The average Bonchev–Trinajstić information content (AvgIpc) is 2.84. The molecule has 19 heavy (non-hydrogen) atoms. The quantitative estimate of drug-likeness (QED) is 0.841. The van der Waals surface area contributed by atoms with E-state index in [4.69, 9.17) is 16.3 Å². The molecule has 106 valence electrons. The lowest BCUT2D eigenvalue weighted by Gasteiger charge is -2.24. The third kappa shape index (κ3) is 3.94. The van der Waals surface area contributed by atoms with Crippen molar-refractivity contribution in [2.45, 2.75) is 38.7 Å². The Bertz CT molecular complexity index is 421. The van der Waals surface area contributed by atoms with Gasteiger partial charge in [0.1, 0.15) is 5.02 Å². The molecule has 1 aromatic heterocycles. The standard InChI is InChI=1S/C13H21ClN4O/c1-3-6-15-12-16-8-10(14)11(18-12)17-9-13(2)5-4-7-19-13/h8H,3-7,9H2,1-2H3,(H2,15,16,17,18). The lowest BCUT2D eigenvalue weighted by atomic mass is 10.0. The monoisotopic (exact) mass is 284 g/mol. The maximum absolute atomic E-state index is 6.11. The van der Waals surface area contributed by atoms with Gasteiger partial charge in [-0.15, -0.1) is 0 Å². The highest BCUT2D eigenvalue weighted by molar-refractivity contribution is 6.32. The van der Waals surface area contributed by atoms with Gasteiger partial charge in [-0.1, -0.05) is 18.5 Å². The van der Waals surface area contributed by atoms with Crippen LogP contribution >= 0.6 is 11.6 Å². The highest BCUT2D eigenvalue weighted by Crippen LogP contribution is 2.26. The fraction of sp³-hybridized carbons (Fsp3) is 0.692. The lowest BCUT2D eigenvalue weighted by molar-refractivity contribution is 0.0315. The summed E-state index contributed by atoms with van der Waals surface area (Å²) in [5, 5.41) is 6.94. The zero-order chi connectivity index (χ0) is 13.7. The number of halogens is 1. The second-order valence-corrected chi connectivity index (χ2v) is 5.48. The minimum Gasteiger partial charge on any atom is -0.373 e. The van der Waals surface area contributed by atoms with Crippen molar-refractivity contribution in [3.8, 4) is 0 Å². The van der Waals surface area contributed by atoms with E-state index in [9.17, 15) is 0 Å². The molecule has 0 spiro atoms. The van der Waals surface area contributed by atoms with Crippen LogP contribution in [-0.4, -0.2) is 35.3 Å². The molecule has 1 aliphatic rings. The maximum Gasteiger partial charge on any atom is 0.224 e. The van der Waals surface area contributed by atoms with Crippen molar-refractivity contribution in [3.63, 3.8) is 0 Å².